The average Bonchev–Trinajstić information content (AvgIpc) is 3.37. The largest absolute Gasteiger partial charge is 0.497 e. The van der Waals surface area contributed by atoms with Gasteiger partial charge in [-0.15, -0.1) is 11.3 Å². The minimum absolute atomic E-state index is 0.112. The van der Waals surface area contributed by atoms with E-state index in [0.29, 0.717) is 16.4 Å². The van der Waals surface area contributed by atoms with E-state index in [4.69, 9.17) is 16.3 Å². The minimum Gasteiger partial charge on any atom is -0.497 e. The monoisotopic (exact) mass is 468 g/mol. The summed E-state index contributed by atoms with van der Waals surface area (Å²) in [4.78, 5) is 26.1. The maximum atomic E-state index is 12.6. The number of aromatic nitrogens is 2. The van der Waals surface area contributed by atoms with E-state index in [2.05, 4.69) is 15.7 Å². The molecular weight excluding hydrogens is 448 g/mol. The molecule has 164 valence electrons. The quantitative estimate of drug-likeness (QED) is 0.427. The lowest BCUT2D eigenvalue weighted by molar-refractivity contribution is -0.120. The van der Waals surface area contributed by atoms with Gasteiger partial charge >= 0.3 is 0 Å². The molecule has 9 heteroatoms. The van der Waals surface area contributed by atoms with Crippen molar-refractivity contribution >= 4 is 45.0 Å². The number of nitrogens with one attached hydrogen (secondary N) is 2. The van der Waals surface area contributed by atoms with Crippen molar-refractivity contribution in [1.82, 2.24) is 20.4 Å². The molecule has 0 aliphatic carbocycles. The van der Waals surface area contributed by atoms with Crippen LogP contribution < -0.4 is 15.4 Å². The van der Waals surface area contributed by atoms with Gasteiger partial charge in [0.25, 0.3) is 5.91 Å². The second-order valence-electron chi connectivity index (χ2n) is 7.09. The number of halogens is 1. The summed E-state index contributed by atoms with van der Waals surface area (Å²) in [5, 5.41) is 11.5. The van der Waals surface area contributed by atoms with Crippen LogP contribution in [-0.4, -0.2) is 35.2 Å². The molecule has 0 aliphatic heterocycles. The van der Waals surface area contributed by atoms with Gasteiger partial charge in [0.15, 0.2) is 0 Å². The summed E-state index contributed by atoms with van der Waals surface area (Å²) in [5.41, 5.74) is 2.49. The summed E-state index contributed by atoms with van der Waals surface area (Å²) in [6.07, 6.45) is 0. The fourth-order valence-corrected chi connectivity index (χ4v) is 4.51. The molecule has 2 aromatic heterocycles. The Bertz CT molecular complexity index is 1280. The summed E-state index contributed by atoms with van der Waals surface area (Å²) in [5.74, 6) is 0.174. The number of methoxy groups -OCH3 is 1. The second kappa shape index (κ2) is 9.42. The van der Waals surface area contributed by atoms with Crippen LogP contribution in [0.15, 0.2) is 54.6 Å². The predicted octanol–water partition coefficient (Wildman–Crippen LogP) is 4.10. The molecule has 32 heavy (non-hydrogen) atoms. The third-order valence-electron chi connectivity index (χ3n) is 4.91. The predicted molar refractivity (Wildman–Crippen MR) is 126 cm³/mol. The molecule has 7 nitrogen and oxygen atoms in total. The van der Waals surface area contributed by atoms with E-state index < -0.39 is 0 Å². The van der Waals surface area contributed by atoms with E-state index in [0.717, 1.165) is 32.9 Å². The first-order valence-electron chi connectivity index (χ1n) is 9.88. The maximum Gasteiger partial charge on any atom is 0.261 e. The lowest BCUT2D eigenvalue weighted by Gasteiger charge is -2.07. The number of benzene rings is 2. The number of rotatable bonds is 7. The lowest BCUT2D eigenvalue weighted by Crippen LogP contribution is -2.36. The highest BCUT2D eigenvalue weighted by Gasteiger charge is 2.18. The number of nitrogens with zero attached hydrogens (tertiary/aromatic N) is 2. The van der Waals surface area contributed by atoms with Crippen LogP contribution in [0, 0.1) is 6.92 Å². The van der Waals surface area contributed by atoms with Gasteiger partial charge in [0.1, 0.15) is 10.6 Å². The molecule has 0 bridgehead atoms. The first-order valence-corrected chi connectivity index (χ1v) is 11.1. The van der Waals surface area contributed by atoms with Gasteiger partial charge in [-0.1, -0.05) is 35.9 Å². The number of ether oxygens (including phenoxy) is 1. The molecule has 2 amide bonds. The fraction of sp³-hybridized carbons (Fsp3) is 0.174. The Labute approximate surface area is 194 Å². The number of aryl methyl sites for hydroxylation is 1. The van der Waals surface area contributed by atoms with Crippen molar-refractivity contribution in [2.24, 2.45) is 0 Å². The zero-order valence-electron chi connectivity index (χ0n) is 17.5. The second-order valence-corrected chi connectivity index (χ2v) is 8.52. The standard InChI is InChI=1S/C23H21ClN4O3S/c1-14-17-11-20(32-23(17)28(27-14)19-6-4-3-5-18(19)24)22(30)26-13-21(29)25-12-15-7-9-16(31-2)10-8-15/h3-11H,12-13H2,1-2H3,(H,25,29)(H,26,30). The van der Waals surface area contributed by atoms with Gasteiger partial charge in [-0.25, -0.2) is 4.68 Å². The molecule has 2 heterocycles. The van der Waals surface area contributed by atoms with Gasteiger partial charge in [0, 0.05) is 11.9 Å². The Kier molecular flexibility index (Phi) is 6.43. The zero-order valence-corrected chi connectivity index (χ0v) is 19.1. The molecule has 0 unspecified atom stereocenters. The normalized spacial score (nSPS) is 10.8. The fourth-order valence-electron chi connectivity index (χ4n) is 3.20. The van der Waals surface area contributed by atoms with E-state index in [-0.39, 0.29) is 18.4 Å². The van der Waals surface area contributed by atoms with Gasteiger partial charge in [-0.2, -0.15) is 5.10 Å². The van der Waals surface area contributed by atoms with Crippen LogP contribution in [0.4, 0.5) is 0 Å². The molecule has 0 fully saturated rings. The van der Waals surface area contributed by atoms with Gasteiger partial charge < -0.3 is 15.4 Å². The zero-order chi connectivity index (χ0) is 22.7. The molecule has 0 spiro atoms. The summed E-state index contributed by atoms with van der Waals surface area (Å²) >= 11 is 7.63. The molecular formula is C23H21ClN4O3S. The topological polar surface area (TPSA) is 85.2 Å². The maximum absolute atomic E-state index is 12.6. The van der Waals surface area contributed by atoms with Crippen LogP contribution in [0.25, 0.3) is 15.9 Å². The number of thiophene rings is 1. The van der Waals surface area contributed by atoms with E-state index in [1.807, 2.05) is 49.4 Å². The van der Waals surface area contributed by atoms with Crippen LogP contribution in [0.1, 0.15) is 20.9 Å². The van der Waals surface area contributed by atoms with Crippen LogP contribution in [0.2, 0.25) is 5.02 Å². The number of amides is 2. The van der Waals surface area contributed by atoms with Gasteiger partial charge in [-0.3, -0.25) is 9.59 Å². The van der Waals surface area contributed by atoms with Crippen molar-refractivity contribution in [3.05, 3.63) is 75.8 Å². The number of hydrogen-bond donors (Lipinski definition) is 2. The molecule has 2 N–H and O–H groups in total. The van der Waals surface area contributed by atoms with E-state index >= 15 is 0 Å². The first kappa shape index (κ1) is 21.9. The third-order valence-corrected chi connectivity index (χ3v) is 6.34. The molecule has 2 aromatic carbocycles. The van der Waals surface area contributed by atoms with Crippen LogP contribution in [0.5, 0.6) is 5.75 Å². The average molecular weight is 469 g/mol. The Morgan fingerprint density at radius 2 is 1.88 bits per heavy atom. The van der Waals surface area contributed by atoms with Gasteiger partial charge in [0.05, 0.1) is 34.9 Å². The Hall–Kier alpha value is -3.36. The molecule has 0 saturated carbocycles. The van der Waals surface area contributed by atoms with Gasteiger partial charge in [0.2, 0.25) is 5.91 Å². The van der Waals surface area contributed by atoms with E-state index in [1.165, 1.54) is 11.3 Å². The minimum atomic E-state index is -0.309. The number of carbonyl (C=O) groups is 2. The smallest absolute Gasteiger partial charge is 0.261 e. The molecule has 0 atom stereocenters. The van der Waals surface area contributed by atoms with Crippen LogP contribution >= 0.6 is 22.9 Å². The van der Waals surface area contributed by atoms with E-state index in [9.17, 15) is 9.59 Å². The van der Waals surface area contributed by atoms with Crippen molar-refractivity contribution in [3.8, 4) is 11.4 Å². The summed E-state index contributed by atoms with van der Waals surface area (Å²) in [7, 11) is 1.60. The van der Waals surface area contributed by atoms with Gasteiger partial charge in [-0.05, 0) is 42.8 Å². The first-order chi connectivity index (χ1) is 15.5. The molecule has 0 radical (unpaired) electrons. The number of para-hydroxylation sites is 1. The Balaban J connectivity index is 1.40. The Morgan fingerprint density at radius 1 is 1.12 bits per heavy atom. The van der Waals surface area contributed by atoms with E-state index in [1.54, 1.807) is 23.9 Å². The summed E-state index contributed by atoms with van der Waals surface area (Å²) < 4.78 is 6.86. The van der Waals surface area contributed by atoms with Crippen molar-refractivity contribution in [2.75, 3.05) is 13.7 Å². The van der Waals surface area contributed by atoms with Crippen LogP contribution in [-0.2, 0) is 11.3 Å². The summed E-state index contributed by atoms with van der Waals surface area (Å²) in [6.45, 7) is 2.14. The molecule has 4 aromatic rings. The van der Waals surface area contributed by atoms with Crippen molar-refractivity contribution < 1.29 is 14.3 Å². The molecule has 0 aliphatic rings. The lowest BCUT2D eigenvalue weighted by atomic mass is 10.2. The number of hydrogen-bond acceptors (Lipinski definition) is 5. The molecule has 4 rings (SSSR count). The number of carbonyl (C=O) groups excluding carboxylic acids is 2. The highest BCUT2D eigenvalue weighted by atomic mass is 35.5. The van der Waals surface area contributed by atoms with Crippen molar-refractivity contribution in [3.63, 3.8) is 0 Å². The highest BCUT2D eigenvalue weighted by molar-refractivity contribution is 7.20. The highest BCUT2D eigenvalue weighted by Crippen LogP contribution is 2.32. The third kappa shape index (κ3) is 4.61. The Morgan fingerprint density at radius 3 is 2.59 bits per heavy atom. The summed E-state index contributed by atoms with van der Waals surface area (Å²) in [6, 6.07) is 16.6. The SMILES string of the molecule is COc1ccc(CNC(=O)CNC(=O)c2cc3c(C)nn(-c4ccccc4Cl)c3s2)cc1. The molecule has 0 saturated heterocycles. The van der Waals surface area contributed by atoms with Crippen molar-refractivity contribution in [2.45, 2.75) is 13.5 Å². The van der Waals surface area contributed by atoms with Crippen molar-refractivity contribution in [1.29, 1.82) is 0 Å². The number of fused-ring (bicyclic) bond motifs is 1. The van der Waals surface area contributed by atoms with Crippen LogP contribution in [0.3, 0.4) is 0 Å².